The number of ether oxygens (including phenoxy) is 2. The largest absolute Gasteiger partial charge is 0.497 e. The summed E-state index contributed by atoms with van der Waals surface area (Å²) in [6.45, 7) is 4.57. The fourth-order valence-corrected chi connectivity index (χ4v) is 1.65. The van der Waals surface area contributed by atoms with E-state index in [9.17, 15) is 0 Å². The Balaban J connectivity index is 2.27. The molecule has 0 saturated heterocycles. The van der Waals surface area contributed by atoms with E-state index >= 15 is 0 Å². The average Bonchev–Trinajstić information content (AvgIpc) is 2.67. The third-order valence-electron chi connectivity index (χ3n) is 2.70. The summed E-state index contributed by atoms with van der Waals surface area (Å²) in [5, 5.41) is 4.30. The number of nitrogens with zero attached hydrogens (tertiary/aromatic N) is 2. The van der Waals surface area contributed by atoms with Gasteiger partial charge in [0, 0.05) is 6.54 Å². The van der Waals surface area contributed by atoms with Crippen molar-refractivity contribution < 1.29 is 9.47 Å². The van der Waals surface area contributed by atoms with Gasteiger partial charge in [-0.2, -0.15) is 5.10 Å². The summed E-state index contributed by atoms with van der Waals surface area (Å²) >= 11 is 0. The van der Waals surface area contributed by atoms with E-state index in [1.54, 1.807) is 11.8 Å². The van der Waals surface area contributed by atoms with Crippen molar-refractivity contribution in [2.24, 2.45) is 0 Å². The summed E-state index contributed by atoms with van der Waals surface area (Å²) in [5.74, 6) is 2.08. The van der Waals surface area contributed by atoms with E-state index in [-0.39, 0.29) is 0 Å². The van der Waals surface area contributed by atoms with Gasteiger partial charge < -0.3 is 15.2 Å². The van der Waals surface area contributed by atoms with Gasteiger partial charge in [0.15, 0.2) is 0 Å². The Kier molecular flexibility index (Phi) is 3.41. The van der Waals surface area contributed by atoms with Crippen LogP contribution in [-0.4, -0.2) is 16.9 Å². The van der Waals surface area contributed by atoms with E-state index in [1.165, 1.54) is 0 Å². The number of aryl methyl sites for hydroxylation is 2. The molecule has 0 spiro atoms. The van der Waals surface area contributed by atoms with Crippen LogP contribution in [0, 0.1) is 6.92 Å². The van der Waals surface area contributed by atoms with Gasteiger partial charge in [0.05, 0.1) is 12.8 Å². The second kappa shape index (κ2) is 5.00. The highest BCUT2D eigenvalue weighted by Gasteiger charge is 2.13. The lowest BCUT2D eigenvalue weighted by Crippen LogP contribution is -2.00. The predicted octanol–water partition coefficient (Wildman–Crippen LogP) is 2.59. The summed E-state index contributed by atoms with van der Waals surface area (Å²) in [6.07, 6.45) is 0. The minimum Gasteiger partial charge on any atom is -0.497 e. The fourth-order valence-electron chi connectivity index (χ4n) is 1.65. The highest BCUT2D eigenvalue weighted by Crippen LogP contribution is 2.30. The summed E-state index contributed by atoms with van der Waals surface area (Å²) < 4.78 is 12.6. The van der Waals surface area contributed by atoms with E-state index in [4.69, 9.17) is 15.2 Å². The third kappa shape index (κ3) is 2.25. The zero-order valence-electron chi connectivity index (χ0n) is 10.8. The molecule has 0 radical (unpaired) electrons. The Hall–Kier alpha value is -2.17. The van der Waals surface area contributed by atoms with Gasteiger partial charge in [-0.25, -0.2) is 4.68 Å². The molecule has 0 amide bonds. The first-order valence-corrected chi connectivity index (χ1v) is 5.80. The van der Waals surface area contributed by atoms with Gasteiger partial charge in [0.25, 0.3) is 0 Å². The van der Waals surface area contributed by atoms with Crippen LogP contribution in [-0.2, 0) is 6.54 Å². The monoisotopic (exact) mass is 247 g/mol. The molecule has 96 valence electrons. The van der Waals surface area contributed by atoms with Crippen LogP contribution in [0.4, 0.5) is 5.69 Å². The van der Waals surface area contributed by atoms with Crippen LogP contribution >= 0.6 is 0 Å². The van der Waals surface area contributed by atoms with Gasteiger partial charge in [-0.3, -0.25) is 0 Å². The number of anilines is 1. The van der Waals surface area contributed by atoms with Crippen LogP contribution in [0.15, 0.2) is 24.3 Å². The van der Waals surface area contributed by atoms with Crippen molar-refractivity contribution in [2.45, 2.75) is 20.4 Å². The molecule has 0 bridgehead atoms. The van der Waals surface area contributed by atoms with Crippen molar-refractivity contribution in [3.8, 4) is 17.4 Å². The number of rotatable bonds is 4. The molecule has 5 nitrogen and oxygen atoms in total. The maximum absolute atomic E-state index is 5.95. The maximum atomic E-state index is 5.95. The lowest BCUT2D eigenvalue weighted by atomic mass is 10.3. The molecule has 18 heavy (non-hydrogen) atoms. The van der Waals surface area contributed by atoms with Gasteiger partial charge in [0.2, 0.25) is 5.88 Å². The van der Waals surface area contributed by atoms with E-state index in [0.29, 0.717) is 23.9 Å². The van der Waals surface area contributed by atoms with Gasteiger partial charge >= 0.3 is 0 Å². The highest BCUT2D eigenvalue weighted by atomic mass is 16.5. The Morgan fingerprint density at radius 2 is 1.83 bits per heavy atom. The molecule has 2 N–H and O–H groups in total. The molecule has 1 aromatic carbocycles. The van der Waals surface area contributed by atoms with Crippen LogP contribution in [0.2, 0.25) is 0 Å². The Bertz CT molecular complexity index is 532. The number of aromatic nitrogens is 2. The summed E-state index contributed by atoms with van der Waals surface area (Å²) in [5.41, 5.74) is 7.30. The molecule has 0 aliphatic carbocycles. The summed E-state index contributed by atoms with van der Waals surface area (Å²) in [6, 6.07) is 7.34. The van der Waals surface area contributed by atoms with Gasteiger partial charge in [0.1, 0.15) is 17.2 Å². The van der Waals surface area contributed by atoms with E-state index in [2.05, 4.69) is 5.10 Å². The van der Waals surface area contributed by atoms with Gasteiger partial charge in [-0.05, 0) is 38.1 Å². The van der Waals surface area contributed by atoms with Crippen LogP contribution in [0.25, 0.3) is 0 Å². The standard InChI is InChI=1S/C13H17N3O2/c1-4-16-13(12(14)9(2)15-16)18-11-7-5-10(17-3)6-8-11/h5-8H,4,14H2,1-3H3. The SMILES string of the molecule is CCn1nc(C)c(N)c1Oc1ccc(OC)cc1. The molecule has 1 heterocycles. The number of hydrogen-bond donors (Lipinski definition) is 1. The average molecular weight is 247 g/mol. The highest BCUT2D eigenvalue weighted by molar-refractivity contribution is 5.54. The van der Waals surface area contributed by atoms with E-state index < -0.39 is 0 Å². The van der Waals surface area contributed by atoms with Gasteiger partial charge in [-0.15, -0.1) is 0 Å². The smallest absolute Gasteiger partial charge is 0.241 e. The molecule has 5 heteroatoms. The van der Waals surface area contributed by atoms with Crippen LogP contribution in [0.5, 0.6) is 17.4 Å². The number of nitrogen functional groups attached to an aromatic ring is 1. The number of methoxy groups -OCH3 is 1. The Morgan fingerprint density at radius 3 is 2.39 bits per heavy atom. The first-order chi connectivity index (χ1) is 8.65. The Labute approximate surface area is 106 Å². The minimum atomic E-state index is 0.577. The molecular weight excluding hydrogens is 230 g/mol. The topological polar surface area (TPSA) is 62.3 Å². The molecule has 0 atom stereocenters. The van der Waals surface area contributed by atoms with Crippen molar-refractivity contribution in [1.29, 1.82) is 0 Å². The molecular formula is C13H17N3O2. The molecule has 0 saturated carbocycles. The molecule has 0 aliphatic heterocycles. The fraction of sp³-hybridized carbons (Fsp3) is 0.308. The summed E-state index contributed by atoms with van der Waals surface area (Å²) in [4.78, 5) is 0. The van der Waals surface area contributed by atoms with E-state index in [1.807, 2.05) is 38.1 Å². The van der Waals surface area contributed by atoms with Crippen LogP contribution in [0.3, 0.4) is 0 Å². The van der Waals surface area contributed by atoms with Crippen LogP contribution < -0.4 is 15.2 Å². The number of hydrogen-bond acceptors (Lipinski definition) is 4. The van der Waals surface area contributed by atoms with Crippen molar-refractivity contribution in [1.82, 2.24) is 9.78 Å². The second-order valence-corrected chi connectivity index (χ2v) is 3.90. The lowest BCUT2D eigenvalue weighted by molar-refractivity contribution is 0.406. The quantitative estimate of drug-likeness (QED) is 0.902. The van der Waals surface area contributed by atoms with Crippen LogP contribution in [0.1, 0.15) is 12.6 Å². The molecule has 0 aliphatic rings. The number of benzene rings is 1. The molecule has 1 aromatic heterocycles. The van der Waals surface area contributed by atoms with Gasteiger partial charge in [-0.1, -0.05) is 0 Å². The predicted molar refractivity (Wildman–Crippen MR) is 70.1 cm³/mol. The molecule has 0 unspecified atom stereocenters. The molecule has 2 rings (SSSR count). The zero-order chi connectivity index (χ0) is 13.1. The lowest BCUT2D eigenvalue weighted by Gasteiger charge is -2.08. The minimum absolute atomic E-state index is 0.577. The van der Waals surface area contributed by atoms with Crippen molar-refractivity contribution in [2.75, 3.05) is 12.8 Å². The molecule has 2 aromatic rings. The zero-order valence-corrected chi connectivity index (χ0v) is 10.8. The first kappa shape index (κ1) is 12.3. The third-order valence-corrected chi connectivity index (χ3v) is 2.70. The van der Waals surface area contributed by atoms with Crippen molar-refractivity contribution in [3.63, 3.8) is 0 Å². The maximum Gasteiger partial charge on any atom is 0.241 e. The van der Waals surface area contributed by atoms with E-state index in [0.717, 1.165) is 11.4 Å². The first-order valence-electron chi connectivity index (χ1n) is 5.80. The summed E-state index contributed by atoms with van der Waals surface area (Å²) in [7, 11) is 1.63. The Morgan fingerprint density at radius 1 is 1.22 bits per heavy atom. The molecule has 0 fully saturated rings. The normalized spacial score (nSPS) is 10.4. The number of nitrogens with two attached hydrogens (primary N) is 1. The van der Waals surface area contributed by atoms with Crippen molar-refractivity contribution >= 4 is 5.69 Å². The second-order valence-electron chi connectivity index (χ2n) is 3.90. The van der Waals surface area contributed by atoms with Crippen molar-refractivity contribution in [3.05, 3.63) is 30.0 Å².